The number of carboxylic acids is 1. The molecule has 3 unspecified atom stereocenters. The van der Waals surface area contributed by atoms with Gasteiger partial charge in [0.15, 0.2) is 11.5 Å². The minimum atomic E-state index is -1.87. The maximum Gasteiger partial charge on any atom is 0.514 e. The molecule has 0 amide bonds. The highest BCUT2D eigenvalue weighted by Gasteiger charge is 2.37. The fraction of sp³-hybridized carbons (Fsp3) is 0.615. The van der Waals surface area contributed by atoms with Crippen molar-refractivity contribution >= 4 is 24.4 Å². The standard InChI is InChI=1S/C26H39NO11/c1-8-16(5)34-24(31)37-20-11-10-19(12-21(20)38-25(32)35-17(6)9-2)14-26(27,22(28)29)13-18(7)36-23(30)33-15(3)4/h10-12,15-18H,8-9,13-14,27H2,1-7H3,(H,28,29)/t16?,17?,18-,26?/m0/s1. The molecule has 0 aliphatic rings. The molecule has 214 valence electrons. The average molecular weight is 542 g/mol. The van der Waals surface area contributed by atoms with Crippen molar-refractivity contribution in [1.29, 1.82) is 0 Å². The summed E-state index contributed by atoms with van der Waals surface area (Å²) in [7, 11) is 0. The molecule has 1 aromatic carbocycles. The van der Waals surface area contributed by atoms with E-state index in [-0.39, 0.29) is 24.3 Å². The summed E-state index contributed by atoms with van der Waals surface area (Å²) < 4.78 is 30.7. The monoisotopic (exact) mass is 541 g/mol. The molecule has 0 heterocycles. The number of hydrogen-bond donors (Lipinski definition) is 2. The molecular weight excluding hydrogens is 502 g/mol. The van der Waals surface area contributed by atoms with E-state index >= 15 is 0 Å². The minimum Gasteiger partial charge on any atom is -0.480 e. The number of nitrogens with two attached hydrogens (primary N) is 1. The smallest absolute Gasteiger partial charge is 0.480 e. The van der Waals surface area contributed by atoms with Gasteiger partial charge in [-0.3, -0.25) is 4.79 Å². The zero-order valence-electron chi connectivity index (χ0n) is 23.0. The van der Waals surface area contributed by atoms with Crippen LogP contribution in [-0.2, 0) is 30.2 Å². The third-order valence-corrected chi connectivity index (χ3v) is 5.37. The third-order valence-electron chi connectivity index (χ3n) is 5.37. The van der Waals surface area contributed by atoms with Gasteiger partial charge in [-0.15, -0.1) is 0 Å². The summed E-state index contributed by atoms with van der Waals surface area (Å²) in [5.41, 5.74) is 4.67. The number of benzene rings is 1. The molecule has 12 heteroatoms. The first kappa shape index (κ1) is 32.5. The minimum absolute atomic E-state index is 0.144. The van der Waals surface area contributed by atoms with E-state index in [9.17, 15) is 24.3 Å². The lowest BCUT2D eigenvalue weighted by Crippen LogP contribution is -2.52. The molecule has 0 saturated carbocycles. The van der Waals surface area contributed by atoms with Crippen LogP contribution in [0.1, 0.15) is 73.3 Å². The van der Waals surface area contributed by atoms with Gasteiger partial charge in [0.2, 0.25) is 0 Å². The summed E-state index contributed by atoms with van der Waals surface area (Å²) in [5.74, 6) is -1.69. The number of rotatable bonds is 13. The largest absolute Gasteiger partial charge is 0.514 e. The molecule has 12 nitrogen and oxygen atoms in total. The Bertz CT molecular complexity index is 965. The normalized spacial score (nSPS) is 14.9. The highest BCUT2D eigenvalue weighted by molar-refractivity contribution is 5.79. The van der Waals surface area contributed by atoms with Crippen molar-refractivity contribution in [3.63, 3.8) is 0 Å². The lowest BCUT2D eigenvalue weighted by molar-refractivity contribution is -0.144. The van der Waals surface area contributed by atoms with Crippen LogP contribution in [0, 0.1) is 0 Å². The van der Waals surface area contributed by atoms with Gasteiger partial charge < -0.3 is 39.3 Å². The molecule has 0 aliphatic heterocycles. The van der Waals surface area contributed by atoms with Gasteiger partial charge in [-0.05, 0) is 65.2 Å². The van der Waals surface area contributed by atoms with Gasteiger partial charge in [-0.2, -0.15) is 0 Å². The molecular formula is C26H39NO11. The Balaban J connectivity index is 3.19. The Hall–Kier alpha value is -3.54. The van der Waals surface area contributed by atoms with Crippen LogP contribution in [-0.4, -0.2) is 59.5 Å². The summed E-state index contributed by atoms with van der Waals surface area (Å²) >= 11 is 0. The SMILES string of the molecule is CCC(C)OC(=O)Oc1ccc(CC(N)(C[C@H](C)OC(=O)OC(C)C)C(=O)O)cc1OC(=O)OC(C)CC. The number of carboxylic acid groups (broad SMARTS) is 1. The van der Waals surface area contributed by atoms with Crippen LogP contribution >= 0.6 is 0 Å². The molecule has 38 heavy (non-hydrogen) atoms. The number of aliphatic carboxylic acids is 1. The number of hydrogen-bond acceptors (Lipinski definition) is 11. The zero-order valence-corrected chi connectivity index (χ0v) is 23.0. The van der Waals surface area contributed by atoms with Crippen LogP contribution in [0.15, 0.2) is 18.2 Å². The van der Waals surface area contributed by atoms with Gasteiger partial charge in [0.05, 0.1) is 6.10 Å². The summed E-state index contributed by atoms with van der Waals surface area (Å²) in [5, 5.41) is 9.86. The summed E-state index contributed by atoms with van der Waals surface area (Å²) in [4.78, 5) is 48.3. The second kappa shape index (κ2) is 15.0. The Labute approximate surface area is 222 Å². The summed E-state index contributed by atoms with van der Waals surface area (Å²) in [6.07, 6.45) is -4.53. The predicted octanol–water partition coefficient (Wildman–Crippen LogP) is 4.98. The molecule has 0 radical (unpaired) electrons. The molecule has 0 aromatic heterocycles. The highest BCUT2D eigenvalue weighted by Crippen LogP contribution is 2.32. The van der Waals surface area contributed by atoms with E-state index in [0.29, 0.717) is 18.4 Å². The molecule has 1 aromatic rings. The Kier molecular flexibility index (Phi) is 12.8. The zero-order chi connectivity index (χ0) is 29.0. The quantitative estimate of drug-likeness (QED) is 0.195. The average Bonchev–Trinajstić information content (AvgIpc) is 2.79. The molecule has 0 fully saturated rings. The van der Waals surface area contributed by atoms with E-state index in [1.165, 1.54) is 25.1 Å². The topological polar surface area (TPSA) is 170 Å². The second-order valence-electron chi connectivity index (χ2n) is 9.35. The van der Waals surface area contributed by atoms with Crippen molar-refractivity contribution in [2.45, 2.75) is 104 Å². The molecule has 3 N–H and O–H groups in total. The second-order valence-corrected chi connectivity index (χ2v) is 9.35. The van der Waals surface area contributed by atoms with E-state index in [4.69, 9.17) is 34.2 Å². The molecule has 0 saturated heterocycles. The molecule has 0 spiro atoms. The van der Waals surface area contributed by atoms with Crippen molar-refractivity contribution in [2.24, 2.45) is 5.73 Å². The Morgan fingerprint density at radius 3 is 1.76 bits per heavy atom. The molecule has 1 rings (SSSR count). The van der Waals surface area contributed by atoms with E-state index < -0.39 is 54.4 Å². The number of ether oxygens (including phenoxy) is 6. The van der Waals surface area contributed by atoms with Crippen LogP contribution in [0.25, 0.3) is 0 Å². The summed E-state index contributed by atoms with van der Waals surface area (Å²) in [6.45, 7) is 11.8. The predicted molar refractivity (Wildman–Crippen MR) is 135 cm³/mol. The van der Waals surface area contributed by atoms with Crippen LogP contribution in [0.4, 0.5) is 14.4 Å². The lowest BCUT2D eigenvalue weighted by atomic mass is 9.86. The van der Waals surface area contributed by atoms with Gasteiger partial charge in [0.25, 0.3) is 0 Å². The van der Waals surface area contributed by atoms with E-state index in [2.05, 4.69) is 0 Å². The van der Waals surface area contributed by atoms with Crippen LogP contribution < -0.4 is 15.2 Å². The van der Waals surface area contributed by atoms with Gasteiger partial charge in [-0.1, -0.05) is 19.9 Å². The Morgan fingerprint density at radius 1 is 0.789 bits per heavy atom. The van der Waals surface area contributed by atoms with Gasteiger partial charge in [-0.25, -0.2) is 14.4 Å². The maximum atomic E-state index is 12.3. The fourth-order valence-electron chi connectivity index (χ4n) is 3.09. The lowest BCUT2D eigenvalue weighted by Gasteiger charge is -2.28. The van der Waals surface area contributed by atoms with Crippen molar-refractivity contribution in [2.75, 3.05) is 0 Å². The van der Waals surface area contributed by atoms with Crippen LogP contribution in [0.3, 0.4) is 0 Å². The number of carbonyl (C=O) groups excluding carboxylic acids is 3. The first-order chi connectivity index (χ1) is 17.7. The van der Waals surface area contributed by atoms with Crippen molar-refractivity contribution in [3.8, 4) is 11.5 Å². The fourth-order valence-corrected chi connectivity index (χ4v) is 3.09. The van der Waals surface area contributed by atoms with Crippen LogP contribution in [0.2, 0.25) is 0 Å². The van der Waals surface area contributed by atoms with E-state index in [1.54, 1.807) is 27.7 Å². The maximum absolute atomic E-state index is 12.3. The first-order valence-electron chi connectivity index (χ1n) is 12.5. The van der Waals surface area contributed by atoms with E-state index in [1.807, 2.05) is 13.8 Å². The molecule has 0 aliphatic carbocycles. The molecule has 4 atom stereocenters. The third kappa shape index (κ3) is 11.2. The van der Waals surface area contributed by atoms with Gasteiger partial charge >= 0.3 is 24.4 Å². The van der Waals surface area contributed by atoms with Crippen molar-refractivity contribution in [3.05, 3.63) is 23.8 Å². The Morgan fingerprint density at radius 2 is 1.29 bits per heavy atom. The number of carbonyl (C=O) groups is 4. The van der Waals surface area contributed by atoms with Gasteiger partial charge in [0.1, 0.15) is 23.9 Å². The van der Waals surface area contributed by atoms with Gasteiger partial charge in [0, 0.05) is 12.8 Å². The van der Waals surface area contributed by atoms with Crippen molar-refractivity contribution < 1.29 is 52.7 Å². The molecule has 0 bridgehead atoms. The van der Waals surface area contributed by atoms with Crippen molar-refractivity contribution in [1.82, 2.24) is 0 Å². The first-order valence-corrected chi connectivity index (χ1v) is 12.5. The van der Waals surface area contributed by atoms with E-state index in [0.717, 1.165) is 0 Å². The summed E-state index contributed by atoms with van der Waals surface area (Å²) in [6, 6.07) is 4.09. The highest BCUT2D eigenvalue weighted by atomic mass is 16.8. The van der Waals surface area contributed by atoms with Crippen LogP contribution in [0.5, 0.6) is 11.5 Å².